The van der Waals surface area contributed by atoms with Crippen LogP contribution in [0, 0.1) is 12.3 Å². The summed E-state index contributed by atoms with van der Waals surface area (Å²) in [6.07, 6.45) is 1.59. The minimum absolute atomic E-state index is 0.0142. The van der Waals surface area contributed by atoms with Gasteiger partial charge in [0.25, 0.3) is 5.91 Å². The second kappa shape index (κ2) is 5.53. The van der Waals surface area contributed by atoms with Gasteiger partial charge in [-0.2, -0.15) is 5.10 Å². The minimum atomic E-state index is -0.106. The van der Waals surface area contributed by atoms with Crippen LogP contribution in [0.25, 0.3) is 0 Å². The van der Waals surface area contributed by atoms with Crippen LogP contribution in [0.15, 0.2) is 18.3 Å². The Morgan fingerprint density at radius 1 is 1.42 bits per heavy atom. The second-order valence-electron chi connectivity index (χ2n) is 6.89. The van der Waals surface area contributed by atoms with Gasteiger partial charge in [-0.3, -0.25) is 9.89 Å². The average Bonchev–Trinajstić information content (AvgIpc) is 3.09. The number of nitrogens with one attached hydrogen (secondary N) is 1. The first-order valence-corrected chi connectivity index (χ1v) is 8.33. The van der Waals surface area contributed by atoms with Crippen molar-refractivity contribution in [2.45, 2.75) is 12.8 Å². The summed E-state index contributed by atoms with van der Waals surface area (Å²) in [5.41, 5.74) is 0.339. The molecule has 2 aromatic rings. The molecule has 1 N–H and O–H groups in total. The van der Waals surface area contributed by atoms with Gasteiger partial charge in [-0.05, 0) is 26.1 Å². The van der Waals surface area contributed by atoms with Crippen molar-refractivity contribution in [1.82, 2.24) is 30.0 Å². The van der Waals surface area contributed by atoms with Crippen LogP contribution in [0.1, 0.15) is 28.1 Å². The van der Waals surface area contributed by atoms with E-state index in [9.17, 15) is 4.79 Å². The van der Waals surface area contributed by atoms with E-state index in [1.165, 1.54) is 0 Å². The molecule has 0 bridgehead atoms. The van der Waals surface area contributed by atoms with Gasteiger partial charge in [0.15, 0.2) is 5.82 Å². The van der Waals surface area contributed by atoms with E-state index >= 15 is 0 Å². The molecule has 1 atom stereocenters. The lowest BCUT2D eigenvalue weighted by atomic mass is 9.71. The van der Waals surface area contributed by atoms with Crippen LogP contribution in [0.2, 0.25) is 5.02 Å². The molecule has 0 aromatic carbocycles. The molecule has 0 radical (unpaired) electrons. The fourth-order valence-electron chi connectivity index (χ4n) is 3.96. The Hall–Kier alpha value is -1.99. The zero-order valence-corrected chi connectivity index (χ0v) is 14.4. The molecule has 7 nitrogen and oxygen atoms in total. The summed E-state index contributed by atoms with van der Waals surface area (Å²) in [6.45, 7) is 5.11. The highest BCUT2D eigenvalue weighted by molar-refractivity contribution is 6.33. The Labute approximate surface area is 145 Å². The number of nitrogens with zero attached hydrogens (tertiary/aromatic N) is 5. The molecule has 1 spiro atoms. The molecule has 24 heavy (non-hydrogen) atoms. The maximum Gasteiger partial charge on any atom is 0.274 e. The number of aromatic nitrogens is 4. The summed E-state index contributed by atoms with van der Waals surface area (Å²) in [7, 11) is 2.10. The highest BCUT2D eigenvalue weighted by atomic mass is 35.5. The summed E-state index contributed by atoms with van der Waals surface area (Å²) in [6, 6.07) is 3.42. The fraction of sp³-hybridized carbons (Fsp3) is 0.500. The van der Waals surface area contributed by atoms with Gasteiger partial charge in [-0.15, -0.1) is 0 Å². The number of pyridine rings is 1. The maximum atomic E-state index is 12.6. The van der Waals surface area contributed by atoms with E-state index in [2.05, 4.69) is 32.1 Å². The minimum Gasteiger partial charge on any atom is -0.336 e. The number of carbonyl (C=O) groups excluding carboxylic acids is 1. The van der Waals surface area contributed by atoms with Gasteiger partial charge >= 0.3 is 0 Å². The summed E-state index contributed by atoms with van der Waals surface area (Å²) < 4.78 is 0. The number of halogens is 1. The zero-order valence-electron chi connectivity index (χ0n) is 13.7. The number of rotatable bonds is 2. The van der Waals surface area contributed by atoms with Gasteiger partial charge in [0.05, 0.1) is 5.02 Å². The summed E-state index contributed by atoms with van der Waals surface area (Å²) in [4.78, 5) is 25.4. The number of hydrogen-bond acceptors (Lipinski definition) is 5. The molecular formula is C16H19ClN6O. The van der Waals surface area contributed by atoms with Crippen LogP contribution in [0.4, 0.5) is 0 Å². The van der Waals surface area contributed by atoms with E-state index in [0.717, 1.165) is 24.7 Å². The number of aromatic amines is 1. The van der Waals surface area contributed by atoms with E-state index in [0.29, 0.717) is 23.8 Å². The molecular weight excluding hydrogens is 328 g/mol. The van der Waals surface area contributed by atoms with Gasteiger partial charge in [0, 0.05) is 43.7 Å². The smallest absolute Gasteiger partial charge is 0.274 e. The van der Waals surface area contributed by atoms with Crippen molar-refractivity contribution in [2.75, 3.05) is 33.2 Å². The lowest BCUT2D eigenvalue weighted by molar-refractivity contribution is 0.00258. The molecule has 1 unspecified atom stereocenters. The molecule has 2 aromatic heterocycles. The molecule has 4 heterocycles. The van der Waals surface area contributed by atoms with Crippen molar-refractivity contribution in [1.29, 1.82) is 0 Å². The van der Waals surface area contributed by atoms with Crippen LogP contribution >= 0.6 is 11.6 Å². The van der Waals surface area contributed by atoms with Gasteiger partial charge in [-0.25, -0.2) is 9.97 Å². The largest absolute Gasteiger partial charge is 0.336 e. The lowest BCUT2D eigenvalue weighted by Crippen LogP contribution is -2.61. The van der Waals surface area contributed by atoms with Crippen molar-refractivity contribution in [3.63, 3.8) is 0 Å². The first kappa shape index (κ1) is 15.5. The molecule has 2 aliphatic heterocycles. The molecule has 2 fully saturated rings. The van der Waals surface area contributed by atoms with Gasteiger partial charge in [0.1, 0.15) is 11.5 Å². The van der Waals surface area contributed by atoms with Gasteiger partial charge in [-0.1, -0.05) is 11.6 Å². The van der Waals surface area contributed by atoms with Crippen molar-refractivity contribution >= 4 is 17.5 Å². The molecule has 1 amide bonds. The molecule has 126 valence electrons. The van der Waals surface area contributed by atoms with E-state index < -0.39 is 0 Å². The van der Waals surface area contributed by atoms with Gasteiger partial charge < -0.3 is 9.80 Å². The van der Waals surface area contributed by atoms with Crippen molar-refractivity contribution in [2.24, 2.45) is 5.41 Å². The Morgan fingerprint density at radius 3 is 2.88 bits per heavy atom. The summed E-state index contributed by atoms with van der Waals surface area (Å²) in [5.74, 6) is 1.79. The van der Waals surface area contributed by atoms with Crippen LogP contribution < -0.4 is 0 Å². The van der Waals surface area contributed by atoms with Crippen LogP contribution in [0.3, 0.4) is 0 Å². The van der Waals surface area contributed by atoms with E-state index in [4.69, 9.17) is 11.6 Å². The topological polar surface area (TPSA) is 78.0 Å². The third-order valence-electron chi connectivity index (χ3n) is 5.00. The van der Waals surface area contributed by atoms with Gasteiger partial charge in [0.2, 0.25) is 0 Å². The second-order valence-corrected chi connectivity index (χ2v) is 7.29. The Balaban J connectivity index is 1.54. The molecule has 8 heteroatoms. The number of hydrogen-bond donors (Lipinski definition) is 1. The van der Waals surface area contributed by atoms with E-state index in [1.807, 2.05) is 11.8 Å². The Morgan fingerprint density at radius 2 is 2.21 bits per heavy atom. The lowest BCUT2D eigenvalue weighted by Gasteiger charge is -2.50. The molecule has 2 aliphatic rings. The number of carbonyl (C=O) groups is 1. The third kappa shape index (κ3) is 2.39. The zero-order chi connectivity index (χ0) is 16.9. The van der Waals surface area contributed by atoms with Crippen molar-refractivity contribution in [3.8, 4) is 0 Å². The predicted molar refractivity (Wildman–Crippen MR) is 88.9 cm³/mol. The van der Waals surface area contributed by atoms with Crippen molar-refractivity contribution in [3.05, 3.63) is 40.7 Å². The normalized spacial score (nSPS) is 22.8. The van der Waals surface area contributed by atoms with E-state index in [1.54, 1.807) is 18.3 Å². The number of amides is 1. The number of H-pyrrole nitrogens is 1. The molecule has 0 saturated carbocycles. The average molecular weight is 347 g/mol. The van der Waals surface area contributed by atoms with Crippen molar-refractivity contribution < 1.29 is 4.79 Å². The Kier molecular flexibility index (Phi) is 3.58. The Bertz CT molecular complexity index is 784. The molecule has 2 saturated heterocycles. The monoisotopic (exact) mass is 346 g/mol. The highest BCUT2D eigenvalue weighted by Crippen LogP contribution is 2.48. The molecule has 4 rings (SSSR count). The van der Waals surface area contributed by atoms with Crippen LogP contribution in [-0.2, 0) is 0 Å². The third-order valence-corrected chi connectivity index (χ3v) is 5.31. The SMILES string of the molecule is Cc1nc(C2CN(C)CC23CN(C(=O)c2ncccc2Cl)C3)n[nH]1. The molecule has 0 aliphatic carbocycles. The van der Waals surface area contributed by atoms with E-state index in [-0.39, 0.29) is 17.2 Å². The van der Waals surface area contributed by atoms with Crippen LogP contribution in [0.5, 0.6) is 0 Å². The number of aryl methyl sites for hydroxylation is 1. The standard InChI is InChI=1S/C16H19ClN6O/c1-10-19-14(21-20-10)11-6-22(2)7-16(11)8-23(9-16)15(24)13-12(17)4-3-5-18-13/h3-5,11H,6-9H2,1-2H3,(H,19,20,21). The maximum absolute atomic E-state index is 12.6. The van der Waals surface area contributed by atoms with Crippen LogP contribution in [-0.4, -0.2) is 69.1 Å². The fourth-order valence-corrected chi connectivity index (χ4v) is 4.16. The first-order chi connectivity index (χ1) is 11.5. The summed E-state index contributed by atoms with van der Waals surface area (Å²) >= 11 is 6.10. The first-order valence-electron chi connectivity index (χ1n) is 7.96. The number of likely N-dealkylation sites (N-methyl/N-ethyl adjacent to an activating group) is 1. The quantitative estimate of drug-likeness (QED) is 0.887. The highest BCUT2D eigenvalue weighted by Gasteiger charge is 2.56. The number of likely N-dealkylation sites (tertiary alicyclic amines) is 2. The predicted octanol–water partition coefficient (Wildman–Crippen LogP) is 1.33. The summed E-state index contributed by atoms with van der Waals surface area (Å²) in [5, 5.41) is 7.67.